The lowest BCUT2D eigenvalue weighted by Crippen LogP contribution is -2.27. The molecule has 0 heterocycles. The van der Waals surface area contributed by atoms with E-state index in [9.17, 15) is 4.79 Å². The topological polar surface area (TPSA) is 76.0 Å². The smallest absolute Gasteiger partial charge is 0.335 e. The number of aliphatic hydroxyl groups is 2. The molecule has 0 aromatic heterocycles. The largest absolute Gasteiger partial charge is 0.467 e. The zero-order valence-electron chi connectivity index (χ0n) is 7.02. The Bertz CT molecular complexity index is 125. The maximum Gasteiger partial charge on any atom is 0.335 e. The van der Waals surface area contributed by atoms with Crippen molar-refractivity contribution in [2.75, 3.05) is 26.9 Å². The summed E-state index contributed by atoms with van der Waals surface area (Å²) in [5.41, 5.74) is 0. The highest BCUT2D eigenvalue weighted by Gasteiger charge is 2.18. The van der Waals surface area contributed by atoms with E-state index in [1.54, 1.807) is 0 Å². The fraction of sp³-hybridized carbons (Fsp3) is 0.857. The first-order chi connectivity index (χ1) is 5.76. The van der Waals surface area contributed by atoms with E-state index in [1.807, 2.05) is 0 Å². The molecule has 0 aliphatic heterocycles. The third kappa shape index (κ3) is 4.27. The van der Waals surface area contributed by atoms with E-state index in [4.69, 9.17) is 14.9 Å². The molecule has 5 heteroatoms. The second-order valence-corrected chi connectivity index (χ2v) is 2.12. The molecular weight excluding hydrogens is 164 g/mol. The summed E-state index contributed by atoms with van der Waals surface area (Å²) in [4.78, 5) is 10.9. The predicted octanol–water partition coefficient (Wildman–Crippen LogP) is -1.08. The monoisotopic (exact) mass is 178 g/mol. The van der Waals surface area contributed by atoms with Gasteiger partial charge in [-0.25, -0.2) is 4.79 Å². The van der Waals surface area contributed by atoms with Gasteiger partial charge in [0.1, 0.15) is 0 Å². The highest BCUT2D eigenvalue weighted by molar-refractivity contribution is 5.74. The van der Waals surface area contributed by atoms with Crippen molar-refractivity contribution in [3.8, 4) is 0 Å². The summed E-state index contributed by atoms with van der Waals surface area (Å²) in [5.74, 6) is -0.530. The first kappa shape index (κ1) is 11.4. The summed E-state index contributed by atoms with van der Waals surface area (Å²) in [5, 5.41) is 16.9. The molecular formula is C7H14O5. The standard InChI is InChI=1S/C7H14O5/c1-11-7(10)6(2-3-8)12-5-4-9/h6,8-9H,2-5H2,1H3. The molecule has 0 aliphatic carbocycles. The Morgan fingerprint density at radius 1 is 1.42 bits per heavy atom. The Kier molecular flexibility index (Phi) is 6.64. The minimum Gasteiger partial charge on any atom is -0.467 e. The van der Waals surface area contributed by atoms with Crippen LogP contribution >= 0.6 is 0 Å². The van der Waals surface area contributed by atoms with Crippen LogP contribution in [0.4, 0.5) is 0 Å². The molecule has 72 valence electrons. The molecule has 0 aromatic rings. The van der Waals surface area contributed by atoms with Crippen LogP contribution in [-0.4, -0.2) is 49.2 Å². The lowest BCUT2D eigenvalue weighted by atomic mass is 10.2. The number of hydrogen-bond donors (Lipinski definition) is 2. The number of aliphatic hydroxyl groups excluding tert-OH is 2. The Labute approximate surface area is 70.9 Å². The Balaban J connectivity index is 3.76. The van der Waals surface area contributed by atoms with Gasteiger partial charge in [0, 0.05) is 13.0 Å². The van der Waals surface area contributed by atoms with Crippen LogP contribution < -0.4 is 0 Å². The molecule has 1 unspecified atom stereocenters. The molecule has 0 radical (unpaired) electrons. The predicted molar refractivity (Wildman–Crippen MR) is 40.5 cm³/mol. The molecule has 0 fully saturated rings. The number of ether oxygens (including phenoxy) is 2. The van der Waals surface area contributed by atoms with Crippen LogP contribution in [0.15, 0.2) is 0 Å². The van der Waals surface area contributed by atoms with Crippen molar-refractivity contribution in [3.63, 3.8) is 0 Å². The average molecular weight is 178 g/mol. The van der Waals surface area contributed by atoms with E-state index in [1.165, 1.54) is 7.11 Å². The average Bonchev–Trinajstić information content (AvgIpc) is 2.11. The van der Waals surface area contributed by atoms with Crippen LogP contribution in [0, 0.1) is 0 Å². The second kappa shape index (κ2) is 7.02. The maximum absolute atomic E-state index is 10.9. The lowest BCUT2D eigenvalue weighted by Gasteiger charge is -2.12. The van der Waals surface area contributed by atoms with Crippen molar-refractivity contribution in [3.05, 3.63) is 0 Å². The van der Waals surface area contributed by atoms with Crippen LogP contribution in [0.5, 0.6) is 0 Å². The van der Waals surface area contributed by atoms with Crippen molar-refractivity contribution < 1.29 is 24.5 Å². The molecule has 0 aliphatic rings. The lowest BCUT2D eigenvalue weighted by molar-refractivity contribution is -0.155. The van der Waals surface area contributed by atoms with Gasteiger partial charge >= 0.3 is 5.97 Å². The fourth-order valence-corrected chi connectivity index (χ4v) is 0.713. The molecule has 0 saturated heterocycles. The molecule has 2 N–H and O–H groups in total. The Morgan fingerprint density at radius 2 is 2.08 bits per heavy atom. The van der Waals surface area contributed by atoms with Gasteiger partial charge in [-0.05, 0) is 0 Å². The van der Waals surface area contributed by atoms with Crippen molar-refractivity contribution in [2.24, 2.45) is 0 Å². The van der Waals surface area contributed by atoms with Gasteiger partial charge in [-0.3, -0.25) is 0 Å². The summed E-state index contributed by atoms with van der Waals surface area (Å²) >= 11 is 0. The summed E-state index contributed by atoms with van der Waals surface area (Å²) in [7, 11) is 1.25. The number of rotatable bonds is 6. The maximum atomic E-state index is 10.9. The number of hydrogen-bond acceptors (Lipinski definition) is 5. The fourth-order valence-electron chi connectivity index (χ4n) is 0.713. The van der Waals surface area contributed by atoms with Gasteiger partial charge in [0.25, 0.3) is 0 Å². The summed E-state index contributed by atoms with van der Waals surface area (Å²) in [6, 6.07) is 0. The zero-order valence-corrected chi connectivity index (χ0v) is 7.02. The molecule has 12 heavy (non-hydrogen) atoms. The van der Waals surface area contributed by atoms with Crippen LogP contribution in [0.1, 0.15) is 6.42 Å². The van der Waals surface area contributed by atoms with Gasteiger partial charge in [-0.2, -0.15) is 0 Å². The van der Waals surface area contributed by atoms with E-state index in [0.717, 1.165) is 0 Å². The molecule has 5 nitrogen and oxygen atoms in total. The quantitative estimate of drug-likeness (QED) is 0.506. The summed E-state index contributed by atoms with van der Waals surface area (Å²) < 4.78 is 9.31. The van der Waals surface area contributed by atoms with Gasteiger partial charge in [0.15, 0.2) is 6.10 Å². The van der Waals surface area contributed by atoms with Gasteiger partial charge in [0.05, 0.1) is 20.3 Å². The van der Waals surface area contributed by atoms with Crippen molar-refractivity contribution >= 4 is 5.97 Å². The molecule has 0 rings (SSSR count). The molecule has 0 bridgehead atoms. The van der Waals surface area contributed by atoms with E-state index in [-0.39, 0.29) is 26.2 Å². The van der Waals surface area contributed by atoms with Gasteiger partial charge < -0.3 is 19.7 Å². The molecule has 0 spiro atoms. The highest BCUT2D eigenvalue weighted by Crippen LogP contribution is 1.99. The number of carbonyl (C=O) groups excluding carboxylic acids is 1. The second-order valence-electron chi connectivity index (χ2n) is 2.12. The third-order valence-electron chi connectivity index (χ3n) is 1.27. The van der Waals surface area contributed by atoms with E-state index < -0.39 is 12.1 Å². The first-order valence-corrected chi connectivity index (χ1v) is 3.67. The minimum atomic E-state index is -0.771. The molecule has 0 aromatic carbocycles. The Hall–Kier alpha value is -0.650. The van der Waals surface area contributed by atoms with Crippen LogP contribution in [0.3, 0.4) is 0 Å². The zero-order chi connectivity index (χ0) is 9.40. The third-order valence-corrected chi connectivity index (χ3v) is 1.27. The number of carbonyl (C=O) groups is 1. The summed E-state index contributed by atoms with van der Waals surface area (Å²) in [6.45, 7) is -0.232. The van der Waals surface area contributed by atoms with Crippen molar-refractivity contribution in [1.82, 2.24) is 0 Å². The molecule has 1 atom stereocenters. The van der Waals surface area contributed by atoms with E-state index in [0.29, 0.717) is 0 Å². The molecule has 0 amide bonds. The summed E-state index contributed by atoms with van der Waals surface area (Å²) in [6.07, 6.45) is -0.584. The molecule has 0 saturated carbocycles. The van der Waals surface area contributed by atoms with Gasteiger partial charge in [-0.1, -0.05) is 0 Å². The van der Waals surface area contributed by atoms with Crippen molar-refractivity contribution in [2.45, 2.75) is 12.5 Å². The van der Waals surface area contributed by atoms with Crippen LogP contribution in [-0.2, 0) is 14.3 Å². The number of esters is 1. The van der Waals surface area contributed by atoms with Crippen molar-refractivity contribution in [1.29, 1.82) is 0 Å². The highest BCUT2D eigenvalue weighted by atomic mass is 16.6. The van der Waals surface area contributed by atoms with Gasteiger partial charge in [0.2, 0.25) is 0 Å². The first-order valence-electron chi connectivity index (χ1n) is 3.67. The van der Waals surface area contributed by atoms with Crippen LogP contribution in [0.2, 0.25) is 0 Å². The van der Waals surface area contributed by atoms with E-state index >= 15 is 0 Å². The SMILES string of the molecule is COC(=O)C(CCO)OCCO. The van der Waals surface area contributed by atoms with Gasteiger partial charge in [-0.15, -0.1) is 0 Å². The van der Waals surface area contributed by atoms with E-state index in [2.05, 4.69) is 4.74 Å². The Morgan fingerprint density at radius 3 is 2.50 bits per heavy atom. The minimum absolute atomic E-state index is 0.0692. The number of methoxy groups -OCH3 is 1. The van der Waals surface area contributed by atoms with Crippen LogP contribution in [0.25, 0.3) is 0 Å². The normalized spacial score (nSPS) is 12.6.